The average Bonchev–Trinajstić information content (AvgIpc) is 2.91. The zero-order valence-electron chi connectivity index (χ0n) is 11.5. The minimum absolute atomic E-state index is 0.250. The van der Waals surface area contributed by atoms with E-state index in [1.165, 1.54) is 11.8 Å². The molecule has 0 saturated carbocycles. The van der Waals surface area contributed by atoms with Crippen molar-refractivity contribution in [2.45, 2.75) is 29.0 Å². The maximum Gasteiger partial charge on any atom is 0.330 e. The van der Waals surface area contributed by atoms with E-state index in [0.29, 0.717) is 17.2 Å². The van der Waals surface area contributed by atoms with E-state index in [4.69, 9.17) is 11.6 Å². The molecule has 1 heterocycles. The van der Waals surface area contributed by atoms with Gasteiger partial charge in [-0.15, -0.1) is 11.8 Å². The van der Waals surface area contributed by atoms with Crippen LogP contribution in [0.5, 0.6) is 0 Å². The lowest BCUT2D eigenvalue weighted by Gasteiger charge is -2.26. The Morgan fingerprint density at radius 1 is 1.43 bits per heavy atom. The van der Waals surface area contributed by atoms with Gasteiger partial charge in [-0.05, 0) is 43.4 Å². The first-order valence-electron chi connectivity index (χ1n) is 6.48. The largest absolute Gasteiger partial charge is 0.479 e. The molecule has 7 heteroatoms. The number of carboxylic acids is 1. The van der Waals surface area contributed by atoms with E-state index >= 15 is 0 Å². The van der Waals surface area contributed by atoms with Crippen LogP contribution in [0.2, 0.25) is 5.02 Å². The van der Waals surface area contributed by atoms with E-state index in [-0.39, 0.29) is 11.2 Å². The molecule has 0 radical (unpaired) electrons. The highest BCUT2D eigenvalue weighted by Crippen LogP contribution is 2.30. The molecule has 1 aromatic carbocycles. The highest BCUT2D eigenvalue weighted by Gasteiger charge is 2.43. The lowest BCUT2D eigenvalue weighted by atomic mass is 9.99. The minimum Gasteiger partial charge on any atom is -0.479 e. The molecule has 1 fully saturated rings. The molecule has 1 aliphatic heterocycles. The van der Waals surface area contributed by atoms with Crippen molar-refractivity contribution in [3.63, 3.8) is 0 Å². The van der Waals surface area contributed by atoms with Gasteiger partial charge < -0.3 is 10.4 Å². The minimum atomic E-state index is -1.11. The highest BCUT2D eigenvalue weighted by molar-refractivity contribution is 8.00. The Balaban J connectivity index is 1.99. The molecule has 114 valence electrons. The summed E-state index contributed by atoms with van der Waals surface area (Å²) in [5, 5.41) is 12.4. The smallest absolute Gasteiger partial charge is 0.330 e. The molecule has 2 N–H and O–H groups in total. The molecule has 0 spiro atoms. The molecule has 1 amide bonds. The first-order chi connectivity index (χ1) is 9.93. The van der Waals surface area contributed by atoms with E-state index < -0.39 is 11.5 Å². The van der Waals surface area contributed by atoms with Gasteiger partial charge in [-0.3, -0.25) is 4.79 Å². The fourth-order valence-electron chi connectivity index (χ4n) is 1.99. The third-order valence-corrected chi connectivity index (χ3v) is 5.84. The number of halogens is 1. The summed E-state index contributed by atoms with van der Waals surface area (Å²) in [6.07, 6.45) is 0.469. The molecule has 1 aromatic rings. The van der Waals surface area contributed by atoms with Crippen molar-refractivity contribution >= 4 is 47.0 Å². The zero-order chi connectivity index (χ0) is 15.5. The van der Waals surface area contributed by atoms with Gasteiger partial charge in [0, 0.05) is 15.7 Å². The van der Waals surface area contributed by atoms with Crippen molar-refractivity contribution in [3.8, 4) is 0 Å². The number of carbonyl (C=O) groups is 2. The molecule has 2 rings (SSSR count). The predicted octanol–water partition coefficient (Wildman–Crippen LogP) is 2.90. The Morgan fingerprint density at radius 3 is 2.62 bits per heavy atom. The van der Waals surface area contributed by atoms with Gasteiger partial charge in [-0.1, -0.05) is 11.6 Å². The summed E-state index contributed by atoms with van der Waals surface area (Å²) in [4.78, 5) is 24.6. The Kier molecular flexibility index (Phi) is 5.46. The number of carboxylic acid groups (broad SMARTS) is 1. The standard InChI is InChI=1S/C14H16ClNO3S2/c1-9(21-11-4-2-10(15)3-5-11)12(17)16-14(13(18)19)6-7-20-8-14/h2-5,9H,6-8H2,1H3,(H,16,17)(H,18,19). The Bertz CT molecular complexity index is 530. The average molecular weight is 346 g/mol. The van der Waals surface area contributed by atoms with Crippen LogP contribution in [-0.4, -0.2) is 39.3 Å². The van der Waals surface area contributed by atoms with Gasteiger partial charge in [-0.25, -0.2) is 4.79 Å². The monoisotopic (exact) mass is 345 g/mol. The van der Waals surface area contributed by atoms with E-state index in [9.17, 15) is 14.7 Å². The van der Waals surface area contributed by atoms with E-state index in [0.717, 1.165) is 10.6 Å². The van der Waals surface area contributed by atoms with Crippen LogP contribution in [0, 0.1) is 0 Å². The Labute approximate surface area is 137 Å². The summed E-state index contributed by atoms with van der Waals surface area (Å²) >= 11 is 8.76. The van der Waals surface area contributed by atoms with Gasteiger partial charge in [0.05, 0.1) is 5.25 Å². The number of nitrogens with one attached hydrogen (secondary N) is 1. The molecule has 2 atom stereocenters. The van der Waals surface area contributed by atoms with Crippen LogP contribution < -0.4 is 5.32 Å². The lowest BCUT2D eigenvalue weighted by molar-refractivity contribution is -0.146. The molecular weight excluding hydrogens is 330 g/mol. The summed E-state index contributed by atoms with van der Waals surface area (Å²) in [5.41, 5.74) is -1.11. The summed E-state index contributed by atoms with van der Waals surface area (Å²) in [5.74, 6) is -0.0260. The topological polar surface area (TPSA) is 66.4 Å². The first-order valence-corrected chi connectivity index (χ1v) is 8.89. The third-order valence-electron chi connectivity index (χ3n) is 3.29. The van der Waals surface area contributed by atoms with Crippen molar-refractivity contribution in [1.82, 2.24) is 5.32 Å². The second-order valence-electron chi connectivity index (χ2n) is 4.89. The number of carbonyl (C=O) groups excluding carboxylic acids is 1. The van der Waals surface area contributed by atoms with Crippen LogP contribution in [0.1, 0.15) is 13.3 Å². The van der Waals surface area contributed by atoms with Crippen LogP contribution in [0.15, 0.2) is 29.2 Å². The summed E-state index contributed by atoms with van der Waals surface area (Å²) in [7, 11) is 0. The van der Waals surface area contributed by atoms with Crippen LogP contribution in [0.4, 0.5) is 0 Å². The van der Waals surface area contributed by atoms with E-state index in [1.807, 2.05) is 12.1 Å². The number of rotatable bonds is 5. The summed E-state index contributed by atoms with van der Waals surface area (Å²) in [6, 6.07) is 7.21. The van der Waals surface area contributed by atoms with E-state index in [1.54, 1.807) is 30.8 Å². The second-order valence-corrected chi connectivity index (χ2v) is 7.85. The third kappa shape index (κ3) is 4.08. The normalized spacial score (nSPS) is 22.8. The fraction of sp³-hybridized carbons (Fsp3) is 0.429. The molecule has 4 nitrogen and oxygen atoms in total. The number of benzene rings is 1. The number of aliphatic carboxylic acids is 1. The highest BCUT2D eigenvalue weighted by atomic mass is 35.5. The van der Waals surface area contributed by atoms with Crippen LogP contribution in [-0.2, 0) is 9.59 Å². The Morgan fingerprint density at radius 2 is 2.10 bits per heavy atom. The van der Waals surface area contributed by atoms with Crippen LogP contribution in [0.25, 0.3) is 0 Å². The predicted molar refractivity (Wildman–Crippen MR) is 87.2 cm³/mol. The van der Waals surface area contributed by atoms with E-state index in [2.05, 4.69) is 5.32 Å². The van der Waals surface area contributed by atoms with Crippen molar-refractivity contribution in [3.05, 3.63) is 29.3 Å². The Hall–Kier alpha value is -0.850. The number of thioether (sulfide) groups is 2. The van der Waals surface area contributed by atoms with Crippen LogP contribution >= 0.6 is 35.1 Å². The number of hydrogen-bond acceptors (Lipinski definition) is 4. The molecule has 1 saturated heterocycles. The maximum absolute atomic E-state index is 12.2. The number of hydrogen-bond donors (Lipinski definition) is 2. The first kappa shape index (κ1) is 16.5. The van der Waals surface area contributed by atoms with Crippen molar-refractivity contribution in [2.24, 2.45) is 0 Å². The quantitative estimate of drug-likeness (QED) is 0.803. The van der Waals surface area contributed by atoms with Gasteiger partial charge in [0.2, 0.25) is 5.91 Å². The van der Waals surface area contributed by atoms with Crippen molar-refractivity contribution < 1.29 is 14.7 Å². The maximum atomic E-state index is 12.2. The van der Waals surface area contributed by atoms with Gasteiger partial charge in [0.15, 0.2) is 0 Å². The second kappa shape index (κ2) is 6.94. The molecular formula is C14H16ClNO3S2. The van der Waals surface area contributed by atoms with Gasteiger partial charge >= 0.3 is 5.97 Å². The molecule has 0 aliphatic carbocycles. The molecule has 0 aromatic heterocycles. The van der Waals surface area contributed by atoms with Crippen molar-refractivity contribution in [1.29, 1.82) is 0 Å². The SMILES string of the molecule is CC(Sc1ccc(Cl)cc1)C(=O)NC1(C(=O)O)CCSC1. The van der Waals surface area contributed by atoms with Gasteiger partial charge in [0.25, 0.3) is 0 Å². The lowest BCUT2D eigenvalue weighted by Crippen LogP contribution is -2.56. The molecule has 1 aliphatic rings. The van der Waals surface area contributed by atoms with Gasteiger partial charge in [0.1, 0.15) is 5.54 Å². The molecule has 21 heavy (non-hydrogen) atoms. The number of amides is 1. The van der Waals surface area contributed by atoms with Gasteiger partial charge in [-0.2, -0.15) is 11.8 Å². The van der Waals surface area contributed by atoms with Crippen molar-refractivity contribution in [2.75, 3.05) is 11.5 Å². The summed E-state index contributed by atoms with van der Waals surface area (Å²) in [6.45, 7) is 1.77. The summed E-state index contributed by atoms with van der Waals surface area (Å²) < 4.78 is 0. The molecule has 2 unspecified atom stereocenters. The fourth-order valence-corrected chi connectivity index (χ4v) is 4.31. The molecule has 0 bridgehead atoms. The zero-order valence-corrected chi connectivity index (χ0v) is 13.9. The van der Waals surface area contributed by atoms with Crippen LogP contribution in [0.3, 0.4) is 0 Å².